The molecule has 650 valence electrons. The molecule has 5 aliphatic rings. The number of ether oxygens (including phenoxy) is 1. The number of amides is 1. The van der Waals surface area contributed by atoms with Gasteiger partial charge in [-0.05, 0) is 286 Å². The molecule has 5 saturated carbocycles. The monoisotopic (exact) mass is 1770 g/mol. The van der Waals surface area contributed by atoms with Crippen LogP contribution in [-0.2, 0) is 90.6 Å². The van der Waals surface area contributed by atoms with Crippen LogP contribution < -0.4 is 11.1 Å². The number of carbonyl (C=O) groups excluding carboxylic acids is 1. The molecule has 0 spiro atoms. The van der Waals surface area contributed by atoms with Crippen molar-refractivity contribution < 1.29 is 29.3 Å². The van der Waals surface area contributed by atoms with Crippen LogP contribution in [0.4, 0.5) is 4.79 Å². The van der Waals surface area contributed by atoms with Crippen LogP contribution in [0.1, 0.15) is 194 Å². The number of aliphatic carboxylic acids is 2. The molecule has 0 heterocycles. The first-order valence-electron chi connectivity index (χ1n) is 44.9. The Morgan fingerprint density at radius 2 is 0.484 bits per heavy atom. The van der Waals surface area contributed by atoms with E-state index in [1.807, 2.05) is 12.5 Å². The van der Waals surface area contributed by atoms with Gasteiger partial charge in [-0.2, -0.15) is 0 Å². The van der Waals surface area contributed by atoms with Crippen LogP contribution in [0.5, 0.6) is 0 Å². The Morgan fingerprint density at radius 3 is 0.656 bits per heavy atom. The summed E-state index contributed by atoms with van der Waals surface area (Å²) in [4.78, 5) is 47.7. The molecule has 5 N–H and O–H groups in total. The summed E-state index contributed by atoms with van der Waals surface area (Å²) in [6.07, 6.45) is 43.8. The first-order valence-corrected chi connectivity index (χ1v) is 55.7. The zero-order valence-corrected chi connectivity index (χ0v) is 79.6. The fourth-order valence-electron chi connectivity index (χ4n) is 16.0. The van der Waals surface area contributed by atoms with Crippen LogP contribution in [0.2, 0.25) is 0 Å². The lowest BCUT2D eigenvalue weighted by Crippen LogP contribution is -2.44. The van der Waals surface area contributed by atoms with E-state index in [2.05, 4.69) is 321 Å². The zero-order chi connectivity index (χ0) is 86.4. The maximum atomic E-state index is 11.4. The van der Waals surface area contributed by atoms with Gasteiger partial charge in [0.05, 0.1) is 79.5 Å². The third-order valence-corrected chi connectivity index (χ3v) is 38.0. The van der Waals surface area contributed by atoms with Gasteiger partial charge in [-0.3, -0.25) is 4.79 Å². The Bertz CT molecular complexity index is 4180. The van der Waals surface area contributed by atoms with Crippen molar-refractivity contribution in [3.05, 3.63) is 303 Å². The standard InChI is InChI=1S/C20H25S.C19H23S.C18H21S.C17H19S.C16H17S.C11H21NO4S.C6H13NO2S/c1-2-6-12-18(13-7-3-1)21(19-14-8-4-9-15-19)20-16-10-5-11-17-20;1-2-6-12-17(11-5-1)20(18-13-7-3-8-14-18)19-15-9-4-10-16-19;1-4-10-16(11-5-1)19(17-12-6-2-7-13-17)18-14-8-3-9-15-18;1-3-9-15(10-4-1)18(17-13-7-8-14-17)16-11-5-2-6-12-16;1-3-8-14(9-4-1)17(16-12-7-13-16)15-10-5-2-6-11-15;1-11(2,3)16-10(15)12-8(9(13)14)6-7-17(4)5;1-10(2)4-3-5(7)6(8)9/h4-5,8-11,14-18H,1-3,6-7,12-13H2;3-4,7-10,13-17H,1-2,5-6,11-12H2;1-2,4-7,10-13,18H,3,8-9,14-15H2;1-6,9-12,17H,7-8,13-14H2;1-6,8-11,16H,7,12-13H2;8H,6-7H2,1-5H3,(H-,12,13,14,15);5H,3-4,7H2,1-2H3/q5*+1;;/p+2. The van der Waals surface area contributed by atoms with Crippen molar-refractivity contribution in [2.24, 2.45) is 5.73 Å². The van der Waals surface area contributed by atoms with E-state index in [4.69, 9.17) is 20.7 Å². The molecule has 0 bridgehead atoms. The van der Waals surface area contributed by atoms with Gasteiger partial charge >= 0.3 is 18.0 Å². The van der Waals surface area contributed by atoms with Gasteiger partial charge in [-0.1, -0.05) is 221 Å². The number of carboxylic acids is 2. The van der Waals surface area contributed by atoms with Gasteiger partial charge in [-0.25, -0.2) is 9.59 Å². The first-order chi connectivity index (χ1) is 59.4. The molecule has 5 fully saturated rings. The van der Waals surface area contributed by atoms with Crippen LogP contribution in [0.3, 0.4) is 0 Å². The highest BCUT2D eigenvalue weighted by Crippen LogP contribution is 2.41. The summed E-state index contributed by atoms with van der Waals surface area (Å²) in [5, 5.41) is 24.0. The van der Waals surface area contributed by atoms with Crippen LogP contribution >= 0.6 is 0 Å². The largest absolute Gasteiger partial charge is 0.480 e. The fourth-order valence-corrected chi connectivity index (χ4v) is 31.2. The lowest BCUT2D eigenvalue weighted by atomic mass is 10.00. The fraction of sp³-hybridized carbons (Fsp3) is 0.411. The van der Waals surface area contributed by atoms with Crippen molar-refractivity contribution in [3.8, 4) is 0 Å². The lowest BCUT2D eigenvalue weighted by Gasteiger charge is -2.25. The average Bonchev–Trinajstić information content (AvgIpc) is 1.59. The van der Waals surface area contributed by atoms with E-state index in [-0.39, 0.29) is 54.5 Å². The molecule has 0 radical (unpaired) electrons. The molecular weight excluding hydrogens is 1630 g/mol. The minimum Gasteiger partial charge on any atom is -0.480 e. The SMILES string of the molecule is C[S+](C)CCC(N)C(=O)O.C[S+](C)CCC(NC(=O)OC(C)(C)C)C(=O)O.c1ccc([S+](c2ccccc2)C2CCC2)cc1.c1ccc([S+](c2ccccc2)C2CCCC2)cc1.c1ccc([S+](c2ccccc2)C2CCCCC2)cc1.c1ccc([S+](c2ccccc2)C2CCCCCC2)cc1.c1ccc([S+](c2ccccc2)C2CCCCCCC2)cc1. The highest BCUT2D eigenvalue weighted by molar-refractivity contribution is 7.99. The normalized spacial score (nSPS) is 16.0. The molecule has 10 aromatic rings. The number of carbonyl (C=O) groups is 3. The van der Waals surface area contributed by atoms with Crippen molar-refractivity contribution in [2.75, 3.05) is 36.5 Å². The van der Waals surface area contributed by atoms with Gasteiger partial charge in [0.1, 0.15) is 55.4 Å². The average molecular weight is 1780 g/mol. The predicted molar refractivity (Wildman–Crippen MR) is 532 cm³/mol. The number of benzene rings is 10. The number of carboxylic acid groups (broad SMARTS) is 2. The number of nitrogens with one attached hydrogen (secondary N) is 1. The van der Waals surface area contributed by atoms with Gasteiger partial charge in [0.15, 0.2) is 49.0 Å². The van der Waals surface area contributed by atoms with E-state index >= 15 is 0 Å². The molecule has 0 saturated heterocycles. The Labute approximate surface area is 755 Å². The van der Waals surface area contributed by atoms with E-state index in [9.17, 15) is 14.4 Å². The van der Waals surface area contributed by atoms with E-state index in [1.54, 1.807) is 20.8 Å². The summed E-state index contributed by atoms with van der Waals surface area (Å²) in [6, 6.07) is 109. The Kier molecular flexibility index (Phi) is 45.3. The highest BCUT2D eigenvalue weighted by Gasteiger charge is 2.42. The van der Waals surface area contributed by atoms with Crippen LogP contribution in [0.15, 0.2) is 352 Å². The molecule has 5 aliphatic carbocycles. The first kappa shape index (κ1) is 98.6. The summed E-state index contributed by atoms with van der Waals surface area (Å²) in [7, 11) is 1.78. The van der Waals surface area contributed by atoms with E-state index in [0.29, 0.717) is 34.6 Å². The van der Waals surface area contributed by atoms with Gasteiger partial charge in [0, 0.05) is 12.8 Å². The summed E-state index contributed by atoms with van der Waals surface area (Å²) < 4.78 is 5.01. The topological polar surface area (TPSA) is 139 Å². The van der Waals surface area contributed by atoms with E-state index < -0.39 is 35.7 Å². The summed E-state index contributed by atoms with van der Waals surface area (Å²) in [5.74, 6) is -0.244. The quantitative estimate of drug-likeness (QED) is 0.0349. The maximum absolute atomic E-state index is 11.4. The van der Waals surface area contributed by atoms with Crippen LogP contribution in [0.25, 0.3) is 0 Å². The van der Waals surface area contributed by atoms with Gasteiger partial charge < -0.3 is 26.0 Å². The summed E-state index contributed by atoms with van der Waals surface area (Å²) >= 11 is 0. The maximum Gasteiger partial charge on any atom is 0.408 e. The van der Waals surface area contributed by atoms with Crippen LogP contribution in [-0.4, -0.2) is 109 Å². The molecule has 122 heavy (non-hydrogen) atoms. The number of hydrogen-bond acceptors (Lipinski definition) is 5. The Morgan fingerprint density at radius 1 is 0.303 bits per heavy atom. The van der Waals surface area contributed by atoms with Crippen molar-refractivity contribution in [1.29, 1.82) is 0 Å². The number of nitrogens with two attached hydrogens (primary N) is 1. The lowest BCUT2D eigenvalue weighted by molar-refractivity contribution is -0.140. The number of hydrogen-bond donors (Lipinski definition) is 4. The smallest absolute Gasteiger partial charge is 0.408 e. The third-order valence-electron chi connectivity index (χ3n) is 22.4. The minimum atomic E-state index is -1.03. The van der Waals surface area contributed by atoms with Crippen molar-refractivity contribution >= 4 is 94.3 Å². The third kappa shape index (κ3) is 35.3. The molecule has 8 nitrogen and oxygen atoms in total. The van der Waals surface area contributed by atoms with E-state index in [1.165, 1.54) is 209 Å². The molecular formula is C107H141N2O6S7+7. The molecule has 0 aliphatic heterocycles. The summed E-state index contributed by atoms with van der Waals surface area (Å²) in [6.45, 7) is 5.20. The van der Waals surface area contributed by atoms with Crippen molar-refractivity contribution in [1.82, 2.24) is 5.32 Å². The molecule has 2 unspecified atom stereocenters. The summed E-state index contributed by atoms with van der Waals surface area (Å²) in [5.41, 5.74) is 4.65. The molecule has 0 aromatic heterocycles. The second-order valence-electron chi connectivity index (χ2n) is 33.6. The van der Waals surface area contributed by atoms with Gasteiger partial charge in [0.2, 0.25) is 0 Å². The number of alkyl carbamates (subject to hydrolysis) is 1. The van der Waals surface area contributed by atoms with Gasteiger partial charge in [-0.15, -0.1) is 0 Å². The van der Waals surface area contributed by atoms with Gasteiger partial charge in [0.25, 0.3) is 0 Å². The molecule has 2 atom stereocenters. The minimum absolute atomic E-state index is 0.158. The zero-order valence-electron chi connectivity index (χ0n) is 73.9. The second kappa shape index (κ2) is 56.0. The molecule has 10 aromatic carbocycles. The molecule has 1 amide bonds. The number of rotatable bonds is 24. The van der Waals surface area contributed by atoms with Crippen LogP contribution in [0, 0.1) is 0 Å². The second-order valence-corrected chi connectivity index (χ2v) is 49.7. The Balaban J connectivity index is 0.000000163. The molecule has 15 heteroatoms. The van der Waals surface area contributed by atoms with Crippen molar-refractivity contribution in [2.45, 2.75) is 287 Å². The Hall–Kier alpha value is -7.18. The predicted octanol–water partition coefficient (Wildman–Crippen LogP) is 26.2. The van der Waals surface area contributed by atoms with Crippen molar-refractivity contribution in [3.63, 3.8) is 0 Å². The molecule has 15 rings (SSSR count). The van der Waals surface area contributed by atoms with E-state index in [0.717, 1.165) is 37.8 Å². The highest BCUT2D eigenvalue weighted by atomic mass is 32.2.